The number of ether oxygens (including phenoxy) is 1. The van der Waals surface area contributed by atoms with E-state index < -0.39 is 11.7 Å². The molecule has 0 spiro atoms. The molecule has 1 aliphatic heterocycles. The maximum Gasteiger partial charge on any atom is 0.416 e. The molecule has 0 bridgehead atoms. The minimum atomic E-state index is -4.34. The third kappa shape index (κ3) is 7.27. The van der Waals surface area contributed by atoms with Crippen molar-refractivity contribution >= 4 is 22.5 Å². The van der Waals surface area contributed by atoms with Crippen molar-refractivity contribution in [2.45, 2.75) is 56.1 Å². The van der Waals surface area contributed by atoms with Gasteiger partial charge in [-0.3, -0.25) is 9.69 Å². The van der Waals surface area contributed by atoms with Crippen LogP contribution in [0.4, 0.5) is 13.2 Å². The first-order valence-electron chi connectivity index (χ1n) is 12.1. The van der Waals surface area contributed by atoms with E-state index in [1.165, 1.54) is 37.7 Å². The SMILES string of the molecule is O=c1cc(CN2CCCCC2)occ1OCCCCCSc1cccc2cc(C(F)(F)F)ccc12. The quantitative estimate of drug-likeness (QED) is 0.216. The highest BCUT2D eigenvalue weighted by Crippen LogP contribution is 2.34. The normalized spacial score (nSPS) is 14.9. The molecule has 0 aliphatic carbocycles. The number of fused-ring (bicyclic) bond motifs is 1. The molecule has 0 saturated carbocycles. The van der Waals surface area contributed by atoms with Crippen LogP contribution in [0.15, 0.2) is 62.8 Å². The molecule has 0 atom stereocenters. The second kappa shape index (κ2) is 12.0. The van der Waals surface area contributed by atoms with E-state index in [1.54, 1.807) is 30.0 Å². The van der Waals surface area contributed by atoms with Gasteiger partial charge in [0.05, 0.1) is 18.7 Å². The maximum absolute atomic E-state index is 13.0. The summed E-state index contributed by atoms with van der Waals surface area (Å²) in [6.07, 6.45) is 3.39. The first kappa shape index (κ1) is 25.6. The van der Waals surface area contributed by atoms with E-state index in [2.05, 4.69) is 4.90 Å². The number of unbranched alkanes of at least 4 members (excludes halogenated alkanes) is 2. The number of rotatable bonds is 10. The van der Waals surface area contributed by atoms with Gasteiger partial charge in [-0.15, -0.1) is 11.8 Å². The molecule has 8 heteroatoms. The number of hydrogen-bond acceptors (Lipinski definition) is 5. The summed E-state index contributed by atoms with van der Waals surface area (Å²) in [5, 5.41) is 1.43. The second-order valence-electron chi connectivity index (χ2n) is 8.86. The lowest BCUT2D eigenvalue weighted by Gasteiger charge is -2.25. The molecule has 188 valence electrons. The highest BCUT2D eigenvalue weighted by Gasteiger charge is 2.30. The molecule has 2 heterocycles. The zero-order valence-corrected chi connectivity index (χ0v) is 20.4. The van der Waals surface area contributed by atoms with Crippen LogP contribution in [0.5, 0.6) is 5.75 Å². The Morgan fingerprint density at radius 3 is 2.60 bits per heavy atom. The molecule has 1 saturated heterocycles. The van der Waals surface area contributed by atoms with E-state index in [0.29, 0.717) is 24.3 Å². The van der Waals surface area contributed by atoms with Gasteiger partial charge in [-0.1, -0.05) is 24.6 Å². The van der Waals surface area contributed by atoms with Crippen LogP contribution in [0, 0.1) is 0 Å². The van der Waals surface area contributed by atoms with Gasteiger partial charge < -0.3 is 9.15 Å². The molecule has 35 heavy (non-hydrogen) atoms. The molecule has 0 N–H and O–H groups in total. The van der Waals surface area contributed by atoms with Crippen molar-refractivity contribution in [1.82, 2.24) is 4.90 Å². The summed E-state index contributed by atoms with van der Waals surface area (Å²) in [5.41, 5.74) is -0.777. The van der Waals surface area contributed by atoms with E-state index in [9.17, 15) is 18.0 Å². The fourth-order valence-corrected chi connectivity index (χ4v) is 5.35. The fourth-order valence-electron chi connectivity index (χ4n) is 4.27. The van der Waals surface area contributed by atoms with Crippen LogP contribution in [0.25, 0.3) is 10.8 Å². The summed E-state index contributed by atoms with van der Waals surface area (Å²) in [5.74, 6) is 1.77. The molecule has 3 aromatic rings. The highest BCUT2D eigenvalue weighted by atomic mass is 32.2. The minimum Gasteiger partial charge on any atom is -0.487 e. The average molecular weight is 506 g/mol. The van der Waals surface area contributed by atoms with Crippen molar-refractivity contribution in [3.63, 3.8) is 0 Å². The van der Waals surface area contributed by atoms with Crippen LogP contribution >= 0.6 is 11.8 Å². The number of hydrogen-bond donors (Lipinski definition) is 0. The van der Waals surface area contributed by atoms with Gasteiger partial charge in [0.1, 0.15) is 12.0 Å². The minimum absolute atomic E-state index is 0.150. The highest BCUT2D eigenvalue weighted by molar-refractivity contribution is 7.99. The summed E-state index contributed by atoms with van der Waals surface area (Å²) >= 11 is 1.64. The van der Waals surface area contributed by atoms with Crippen LogP contribution in [0.2, 0.25) is 0 Å². The number of benzene rings is 2. The summed E-state index contributed by atoms with van der Waals surface area (Å²) in [6, 6.07) is 10.9. The summed E-state index contributed by atoms with van der Waals surface area (Å²) < 4.78 is 50.1. The van der Waals surface area contributed by atoms with E-state index in [4.69, 9.17) is 9.15 Å². The third-order valence-corrected chi connectivity index (χ3v) is 7.31. The molecule has 4 nitrogen and oxygen atoms in total. The summed E-state index contributed by atoms with van der Waals surface area (Å²) in [7, 11) is 0. The Kier molecular flexibility index (Phi) is 8.78. The Labute approximate surface area is 207 Å². The lowest BCUT2D eigenvalue weighted by atomic mass is 10.1. The number of nitrogens with zero attached hydrogens (tertiary/aromatic N) is 1. The van der Waals surface area contributed by atoms with Crippen molar-refractivity contribution in [3.8, 4) is 5.75 Å². The van der Waals surface area contributed by atoms with Gasteiger partial charge in [-0.05, 0) is 79.9 Å². The predicted octanol–water partition coefficient (Wildman–Crippen LogP) is 7.14. The number of alkyl halides is 3. The average Bonchev–Trinajstić information content (AvgIpc) is 2.84. The number of likely N-dealkylation sites (tertiary alicyclic amines) is 1. The van der Waals surface area contributed by atoms with Crippen molar-refractivity contribution in [1.29, 1.82) is 0 Å². The van der Waals surface area contributed by atoms with E-state index in [1.807, 2.05) is 6.07 Å². The van der Waals surface area contributed by atoms with Gasteiger partial charge in [0, 0.05) is 11.0 Å². The van der Waals surface area contributed by atoms with Crippen LogP contribution < -0.4 is 10.2 Å². The Bertz CT molecular complexity index is 1170. The van der Waals surface area contributed by atoms with E-state index >= 15 is 0 Å². The second-order valence-corrected chi connectivity index (χ2v) is 10.00. The maximum atomic E-state index is 13.0. The third-order valence-electron chi connectivity index (χ3n) is 6.15. The van der Waals surface area contributed by atoms with Gasteiger partial charge in [0.25, 0.3) is 0 Å². The van der Waals surface area contributed by atoms with Gasteiger partial charge in [0.2, 0.25) is 11.2 Å². The van der Waals surface area contributed by atoms with Gasteiger partial charge in [-0.2, -0.15) is 13.2 Å². The zero-order chi connectivity index (χ0) is 24.7. The molecule has 0 radical (unpaired) electrons. The Morgan fingerprint density at radius 2 is 1.83 bits per heavy atom. The van der Waals surface area contributed by atoms with Crippen LogP contribution in [0.3, 0.4) is 0 Å². The van der Waals surface area contributed by atoms with E-state index in [0.717, 1.165) is 54.5 Å². The Morgan fingerprint density at radius 1 is 1.00 bits per heavy atom. The molecule has 1 aromatic heterocycles. The topological polar surface area (TPSA) is 42.7 Å². The summed E-state index contributed by atoms with van der Waals surface area (Å²) in [6.45, 7) is 3.18. The fraction of sp³-hybridized carbons (Fsp3) is 0.444. The first-order valence-corrected chi connectivity index (χ1v) is 13.1. The van der Waals surface area contributed by atoms with Gasteiger partial charge in [-0.25, -0.2) is 0 Å². The van der Waals surface area contributed by atoms with Crippen molar-refractivity contribution in [2.75, 3.05) is 25.4 Å². The molecule has 1 aliphatic rings. The number of halogens is 3. The lowest BCUT2D eigenvalue weighted by Crippen LogP contribution is -2.29. The number of piperidine rings is 1. The van der Waals surface area contributed by atoms with Crippen molar-refractivity contribution in [2.24, 2.45) is 0 Å². The Balaban J connectivity index is 1.18. The van der Waals surface area contributed by atoms with Crippen molar-refractivity contribution in [3.05, 3.63) is 70.3 Å². The smallest absolute Gasteiger partial charge is 0.416 e. The molecular formula is C27H30F3NO3S. The molecule has 0 unspecified atom stereocenters. The van der Waals surface area contributed by atoms with Gasteiger partial charge in [0.15, 0.2) is 0 Å². The predicted molar refractivity (Wildman–Crippen MR) is 133 cm³/mol. The van der Waals surface area contributed by atoms with E-state index in [-0.39, 0.29) is 11.2 Å². The standard InChI is InChI=1S/C27H30F3NO3S/c28-27(29,30)21-10-11-23-20(16-21)8-7-9-26(23)35-15-6-2-5-14-33-25-19-34-22(17-24(25)32)18-31-12-3-1-4-13-31/h7-11,16-17,19H,1-6,12-15,18H2. The summed E-state index contributed by atoms with van der Waals surface area (Å²) in [4.78, 5) is 15.6. The van der Waals surface area contributed by atoms with Crippen LogP contribution in [-0.4, -0.2) is 30.3 Å². The molecule has 1 fully saturated rings. The number of thioether (sulfide) groups is 1. The van der Waals surface area contributed by atoms with Crippen LogP contribution in [-0.2, 0) is 12.7 Å². The van der Waals surface area contributed by atoms with Crippen molar-refractivity contribution < 1.29 is 22.3 Å². The van der Waals surface area contributed by atoms with Gasteiger partial charge >= 0.3 is 6.18 Å². The molecule has 2 aromatic carbocycles. The molecule has 0 amide bonds. The zero-order valence-electron chi connectivity index (χ0n) is 19.6. The lowest BCUT2D eigenvalue weighted by molar-refractivity contribution is -0.137. The first-order chi connectivity index (χ1) is 16.9. The van der Waals surface area contributed by atoms with Crippen LogP contribution in [0.1, 0.15) is 49.8 Å². The molecule has 4 rings (SSSR count). The monoisotopic (exact) mass is 505 g/mol. The Hall–Kier alpha value is -2.45. The molecular weight excluding hydrogens is 475 g/mol. The largest absolute Gasteiger partial charge is 0.487 e.